The Kier molecular flexibility index (Phi) is 5.25. The number of nitrogens with one attached hydrogen (secondary N) is 1. The normalized spacial score (nSPS) is 13.4. The van der Waals surface area contributed by atoms with Gasteiger partial charge in [0.05, 0.1) is 6.10 Å². The molecule has 1 aromatic rings. The summed E-state index contributed by atoms with van der Waals surface area (Å²) in [6, 6.07) is 1.65. The van der Waals surface area contributed by atoms with Crippen molar-refractivity contribution in [3.63, 3.8) is 0 Å². The molecule has 1 rings (SSSR count). The van der Waals surface area contributed by atoms with Crippen molar-refractivity contribution in [2.45, 2.75) is 25.6 Å². The van der Waals surface area contributed by atoms with Crippen molar-refractivity contribution in [2.24, 2.45) is 0 Å². The van der Waals surface area contributed by atoms with E-state index in [9.17, 15) is 14.7 Å². The van der Waals surface area contributed by atoms with Crippen LogP contribution in [0.1, 0.15) is 12.5 Å². The molecule has 2 amide bonds. The number of aliphatic hydroxyl groups excluding tert-OH is 1. The number of nitrogens with zero attached hydrogens (tertiary/aromatic N) is 2. The maximum atomic E-state index is 11.8. The first kappa shape index (κ1) is 14.9. The second kappa shape index (κ2) is 6.69. The van der Waals surface area contributed by atoms with Crippen LogP contribution in [-0.4, -0.2) is 51.3 Å². The van der Waals surface area contributed by atoms with Crippen molar-refractivity contribution in [2.75, 3.05) is 7.05 Å². The molecule has 1 heterocycles. The predicted octanol–water partition coefficient (Wildman–Crippen LogP) is 0.0570. The van der Waals surface area contributed by atoms with Crippen LogP contribution in [0.5, 0.6) is 0 Å². The molecule has 0 aromatic carbocycles. The summed E-state index contributed by atoms with van der Waals surface area (Å²) >= 11 is 0. The molecule has 0 bridgehead atoms. The highest BCUT2D eigenvalue weighted by molar-refractivity contribution is 5.82. The van der Waals surface area contributed by atoms with Crippen molar-refractivity contribution in [1.29, 1.82) is 0 Å². The van der Waals surface area contributed by atoms with E-state index in [0.29, 0.717) is 6.54 Å². The lowest BCUT2D eigenvalue weighted by molar-refractivity contribution is -0.141. The number of aromatic nitrogens is 1. The van der Waals surface area contributed by atoms with Gasteiger partial charge in [0.2, 0.25) is 0 Å². The number of amides is 2. The van der Waals surface area contributed by atoms with E-state index < -0.39 is 24.1 Å². The van der Waals surface area contributed by atoms with Gasteiger partial charge in [-0.25, -0.2) is 9.59 Å². The average molecular weight is 267 g/mol. The quantitative estimate of drug-likeness (QED) is 0.700. The largest absolute Gasteiger partial charge is 0.480 e. The third-order valence-electron chi connectivity index (χ3n) is 2.52. The first-order valence-electron chi connectivity index (χ1n) is 5.73. The van der Waals surface area contributed by atoms with E-state index >= 15 is 0 Å². The number of carboxylic acids is 1. The number of pyridine rings is 1. The Morgan fingerprint density at radius 2 is 2.21 bits per heavy atom. The number of aliphatic carboxylic acids is 1. The minimum absolute atomic E-state index is 0.297. The molecule has 0 saturated heterocycles. The number of hydrogen-bond acceptors (Lipinski definition) is 4. The molecule has 0 saturated carbocycles. The van der Waals surface area contributed by atoms with Gasteiger partial charge in [-0.05, 0) is 18.6 Å². The smallest absolute Gasteiger partial charge is 0.328 e. The highest BCUT2D eigenvalue weighted by Crippen LogP contribution is 2.02. The molecule has 0 aliphatic rings. The minimum atomic E-state index is -1.33. The monoisotopic (exact) mass is 267 g/mol. The molecule has 2 unspecified atom stereocenters. The topological polar surface area (TPSA) is 103 Å². The molecule has 7 heteroatoms. The average Bonchev–Trinajstić information content (AvgIpc) is 2.35. The van der Waals surface area contributed by atoms with Gasteiger partial charge in [0.15, 0.2) is 6.04 Å². The van der Waals surface area contributed by atoms with E-state index in [2.05, 4.69) is 10.3 Å². The Morgan fingerprint density at radius 3 is 2.68 bits per heavy atom. The van der Waals surface area contributed by atoms with E-state index in [-0.39, 0.29) is 0 Å². The summed E-state index contributed by atoms with van der Waals surface area (Å²) in [6.45, 7) is 1.60. The summed E-state index contributed by atoms with van der Waals surface area (Å²) < 4.78 is 0. The van der Waals surface area contributed by atoms with Gasteiger partial charge in [0.1, 0.15) is 0 Å². The van der Waals surface area contributed by atoms with Gasteiger partial charge >= 0.3 is 12.0 Å². The lowest BCUT2D eigenvalue weighted by atomic mass is 10.2. The molecular formula is C12H17N3O4. The SMILES string of the molecule is CC(O)C(NC(=O)N(C)Cc1cccnc1)C(=O)O. The highest BCUT2D eigenvalue weighted by Gasteiger charge is 2.26. The Morgan fingerprint density at radius 1 is 1.53 bits per heavy atom. The van der Waals surface area contributed by atoms with Gasteiger partial charge in [0, 0.05) is 26.0 Å². The van der Waals surface area contributed by atoms with Gasteiger partial charge < -0.3 is 20.4 Å². The van der Waals surface area contributed by atoms with Crippen molar-refractivity contribution in [3.8, 4) is 0 Å². The number of rotatable bonds is 5. The van der Waals surface area contributed by atoms with Crippen LogP contribution in [0.25, 0.3) is 0 Å². The zero-order valence-corrected chi connectivity index (χ0v) is 10.8. The van der Waals surface area contributed by atoms with E-state index in [1.165, 1.54) is 18.9 Å². The summed E-state index contributed by atoms with van der Waals surface area (Å²) in [7, 11) is 1.53. The van der Waals surface area contributed by atoms with Crippen LogP contribution in [-0.2, 0) is 11.3 Å². The van der Waals surface area contributed by atoms with E-state index in [1.54, 1.807) is 24.5 Å². The summed E-state index contributed by atoms with van der Waals surface area (Å²) in [5.41, 5.74) is 0.823. The Labute approximate surface area is 110 Å². The van der Waals surface area contributed by atoms with Gasteiger partial charge in [-0.3, -0.25) is 4.98 Å². The Bertz CT molecular complexity index is 436. The molecule has 0 fully saturated rings. The van der Waals surface area contributed by atoms with Crippen molar-refractivity contribution in [3.05, 3.63) is 30.1 Å². The molecule has 2 atom stereocenters. The molecule has 19 heavy (non-hydrogen) atoms. The highest BCUT2D eigenvalue weighted by atomic mass is 16.4. The molecule has 0 aliphatic carbocycles. The second-order valence-electron chi connectivity index (χ2n) is 4.22. The fourth-order valence-electron chi connectivity index (χ4n) is 1.47. The second-order valence-corrected chi connectivity index (χ2v) is 4.22. The Balaban J connectivity index is 2.60. The van der Waals surface area contributed by atoms with Crippen LogP contribution >= 0.6 is 0 Å². The first-order valence-corrected chi connectivity index (χ1v) is 5.73. The number of carbonyl (C=O) groups is 2. The molecule has 104 valence electrons. The maximum Gasteiger partial charge on any atom is 0.328 e. The number of carbonyl (C=O) groups excluding carboxylic acids is 1. The van der Waals surface area contributed by atoms with Crippen molar-refractivity contribution < 1.29 is 19.8 Å². The molecule has 7 nitrogen and oxygen atoms in total. The molecule has 0 spiro atoms. The lowest BCUT2D eigenvalue weighted by Gasteiger charge is -2.22. The lowest BCUT2D eigenvalue weighted by Crippen LogP contribution is -2.51. The number of urea groups is 1. The fourth-order valence-corrected chi connectivity index (χ4v) is 1.47. The molecule has 1 aromatic heterocycles. The van der Waals surface area contributed by atoms with Crippen LogP contribution in [0.3, 0.4) is 0 Å². The van der Waals surface area contributed by atoms with E-state index in [1.807, 2.05) is 0 Å². The number of aliphatic hydroxyl groups is 1. The third-order valence-corrected chi connectivity index (χ3v) is 2.52. The van der Waals surface area contributed by atoms with Crippen LogP contribution in [0.2, 0.25) is 0 Å². The van der Waals surface area contributed by atoms with Crippen LogP contribution < -0.4 is 5.32 Å². The zero-order valence-electron chi connectivity index (χ0n) is 10.8. The van der Waals surface area contributed by atoms with Crippen molar-refractivity contribution >= 4 is 12.0 Å². The Hall–Kier alpha value is -2.15. The standard InChI is InChI=1S/C12H17N3O4/c1-8(16)10(11(17)18)14-12(19)15(2)7-9-4-3-5-13-6-9/h3-6,8,10,16H,7H2,1-2H3,(H,14,19)(H,17,18). The minimum Gasteiger partial charge on any atom is -0.480 e. The van der Waals surface area contributed by atoms with E-state index in [0.717, 1.165) is 5.56 Å². The summed E-state index contributed by atoms with van der Waals surface area (Å²) in [5, 5.41) is 20.4. The molecular weight excluding hydrogens is 250 g/mol. The first-order chi connectivity index (χ1) is 8.91. The number of carboxylic acid groups (broad SMARTS) is 1. The third kappa shape index (κ3) is 4.55. The summed E-state index contributed by atoms with van der Waals surface area (Å²) in [5.74, 6) is -1.28. The predicted molar refractivity (Wildman–Crippen MR) is 67.3 cm³/mol. The van der Waals surface area contributed by atoms with Crippen LogP contribution in [0.15, 0.2) is 24.5 Å². The maximum absolute atomic E-state index is 11.8. The summed E-state index contributed by atoms with van der Waals surface area (Å²) in [4.78, 5) is 27.9. The molecule has 3 N–H and O–H groups in total. The fraction of sp³-hybridized carbons (Fsp3) is 0.417. The van der Waals surface area contributed by atoms with E-state index in [4.69, 9.17) is 5.11 Å². The molecule has 0 radical (unpaired) electrons. The zero-order chi connectivity index (χ0) is 14.4. The number of hydrogen-bond donors (Lipinski definition) is 3. The molecule has 0 aliphatic heterocycles. The van der Waals surface area contributed by atoms with Crippen LogP contribution in [0.4, 0.5) is 4.79 Å². The van der Waals surface area contributed by atoms with Gasteiger partial charge in [-0.2, -0.15) is 0 Å². The van der Waals surface area contributed by atoms with Gasteiger partial charge in [-0.15, -0.1) is 0 Å². The van der Waals surface area contributed by atoms with Gasteiger partial charge in [0.25, 0.3) is 0 Å². The van der Waals surface area contributed by atoms with Gasteiger partial charge in [-0.1, -0.05) is 6.07 Å². The van der Waals surface area contributed by atoms with Crippen LogP contribution in [0, 0.1) is 0 Å². The van der Waals surface area contributed by atoms with Crippen molar-refractivity contribution in [1.82, 2.24) is 15.2 Å². The summed E-state index contributed by atoms with van der Waals surface area (Å²) in [6.07, 6.45) is 2.07.